The normalized spacial score (nSPS) is 20.6. The van der Waals surface area contributed by atoms with E-state index in [1.165, 1.54) is 10.7 Å². The number of halogens is 1. The van der Waals surface area contributed by atoms with Crippen molar-refractivity contribution in [2.45, 2.75) is 62.7 Å². The molecule has 6 nitrogen and oxygen atoms in total. The second-order valence-electron chi connectivity index (χ2n) is 10.7. The minimum Gasteiger partial charge on any atom is -0.491 e. The van der Waals surface area contributed by atoms with Gasteiger partial charge in [0.2, 0.25) is 5.88 Å². The highest BCUT2D eigenvalue weighted by atomic mass is 35.5. The van der Waals surface area contributed by atoms with Crippen LogP contribution in [-0.4, -0.2) is 63.1 Å². The number of esters is 1. The summed E-state index contributed by atoms with van der Waals surface area (Å²) in [6.45, 7) is 5.32. The zero-order chi connectivity index (χ0) is 24.0. The third-order valence-corrected chi connectivity index (χ3v) is 7.56. The minimum atomic E-state index is -1.82. The van der Waals surface area contributed by atoms with E-state index < -0.39 is 22.2 Å². The van der Waals surface area contributed by atoms with Crippen molar-refractivity contribution in [1.82, 2.24) is 14.8 Å². The van der Waals surface area contributed by atoms with Crippen LogP contribution in [0.15, 0.2) is 24.4 Å². The molecule has 0 saturated heterocycles. The predicted octanol–water partition coefficient (Wildman–Crippen LogP) is 2.89. The summed E-state index contributed by atoms with van der Waals surface area (Å²) in [5, 5.41) is 1.10. The van der Waals surface area contributed by atoms with Gasteiger partial charge in [0.15, 0.2) is 5.82 Å². The van der Waals surface area contributed by atoms with Crippen LogP contribution in [0.25, 0.3) is 5.82 Å². The number of fused-ring (bicyclic) bond motifs is 1. The second-order valence-corrected chi connectivity index (χ2v) is 11.0. The van der Waals surface area contributed by atoms with Gasteiger partial charge in [0, 0.05) is 17.7 Å². The molecule has 0 bridgehead atoms. The van der Waals surface area contributed by atoms with Gasteiger partial charge in [-0.1, -0.05) is 16.8 Å². The van der Waals surface area contributed by atoms with Crippen LogP contribution in [0.1, 0.15) is 56.8 Å². The summed E-state index contributed by atoms with van der Waals surface area (Å²) < 4.78 is 12.6. The molecule has 0 amide bonds. The molecule has 33 heavy (non-hydrogen) atoms. The van der Waals surface area contributed by atoms with E-state index in [4.69, 9.17) is 52.5 Å². The van der Waals surface area contributed by atoms with Crippen molar-refractivity contribution < 1.29 is 14.3 Å². The lowest BCUT2D eigenvalue weighted by Crippen LogP contribution is -2.52. The lowest BCUT2D eigenvalue weighted by Gasteiger charge is -2.45. The number of carbonyl (C=O) groups excluding carboxylic acids is 1. The molecule has 2 heterocycles. The standard InChI is InChI=1S/C22H22B4ClN3O3/c1-18(2,3)33-16(31)12-4-5-13(28-15(12)27)30-11-6-14(29-30)32-22(25,26)21(23,24)17-19(7-8-19)20(17)9-10-20/h4-6,11,17H,7-10H2,1-3H3. The van der Waals surface area contributed by atoms with Crippen molar-refractivity contribution in [3.63, 3.8) is 0 Å². The average Bonchev–Trinajstić information content (AvgIpc) is 3.63. The van der Waals surface area contributed by atoms with Crippen LogP contribution in [0, 0.1) is 16.7 Å². The van der Waals surface area contributed by atoms with Gasteiger partial charge in [0.05, 0.1) is 21.3 Å². The van der Waals surface area contributed by atoms with Gasteiger partial charge in [-0.2, -0.15) is 0 Å². The molecule has 3 aliphatic carbocycles. The smallest absolute Gasteiger partial charge is 0.341 e. The number of rotatable bonds is 6. The van der Waals surface area contributed by atoms with Gasteiger partial charge in [-0.3, -0.25) is 0 Å². The molecule has 3 saturated carbocycles. The van der Waals surface area contributed by atoms with E-state index in [9.17, 15) is 4.79 Å². The zero-order valence-electron chi connectivity index (χ0n) is 19.0. The molecule has 0 unspecified atom stereocenters. The quantitative estimate of drug-likeness (QED) is 0.381. The number of hydrogen-bond donors (Lipinski definition) is 0. The van der Waals surface area contributed by atoms with Crippen LogP contribution in [0.2, 0.25) is 10.4 Å². The molecule has 0 N–H and O–H groups in total. The van der Waals surface area contributed by atoms with Gasteiger partial charge in [-0.15, -0.1) is 5.10 Å². The van der Waals surface area contributed by atoms with Crippen LogP contribution in [0.4, 0.5) is 0 Å². The first-order valence-corrected chi connectivity index (χ1v) is 11.4. The van der Waals surface area contributed by atoms with E-state index in [1.807, 2.05) is 0 Å². The van der Waals surface area contributed by atoms with Gasteiger partial charge >= 0.3 is 5.97 Å². The molecule has 3 aliphatic rings. The van der Waals surface area contributed by atoms with Crippen LogP contribution >= 0.6 is 11.6 Å². The van der Waals surface area contributed by atoms with Crippen LogP contribution in [0.5, 0.6) is 5.88 Å². The fourth-order valence-electron chi connectivity index (χ4n) is 5.51. The number of pyridine rings is 1. The Kier molecular flexibility index (Phi) is 4.77. The van der Waals surface area contributed by atoms with Crippen molar-refractivity contribution in [1.29, 1.82) is 0 Å². The summed E-state index contributed by atoms with van der Waals surface area (Å²) >= 11 is 6.23. The van der Waals surface area contributed by atoms with Gasteiger partial charge < -0.3 is 9.47 Å². The Balaban J connectivity index is 1.31. The summed E-state index contributed by atoms with van der Waals surface area (Å²) in [7, 11) is 25.6. The Bertz CT molecular complexity index is 1120. The average molecular weight is 455 g/mol. The molecule has 0 aliphatic heterocycles. The fraction of sp³-hybridized carbons (Fsp3) is 0.591. The molecule has 3 fully saturated rings. The third kappa shape index (κ3) is 3.55. The molecule has 0 aromatic carbocycles. The minimum absolute atomic E-state index is 0.00663. The zero-order valence-corrected chi connectivity index (χ0v) is 19.7. The Morgan fingerprint density at radius 2 is 1.70 bits per heavy atom. The third-order valence-electron chi connectivity index (χ3n) is 7.27. The van der Waals surface area contributed by atoms with Crippen LogP contribution in [0.3, 0.4) is 0 Å². The number of ether oxygens (including phenoxy) is 2. The molecule has 2 aromatic heterocycles. The SMILES string of the molecule is [B]C([B])(Oc1ccn(-c2ccc(C(=O)OC(C)(C)C)c(Cl)n2)n1)C([B])([B])C1C2(CC2)C12CC2. The Labute approximate surface area is 204 Å². The number of nitrogens with zero attached hydrogens (tertiary/aromatic N) is 3. The molecule has 8 radical (unpaired) electrons. The Hall–Kier alpha value is -1.82. The maximum absolute atomic E-state index is 12.3. The number of aromatic nitrogens is 3. The van der Waals surface area contributed by atoms with Gasteiger partial charge in [-0.05, 0) is 75.3 Å². The van der Waals surface area contributed by atoms with Crippen LogP contribution < -0.4 is 4.74 Å². The first kappa shape index (κ1) is 22.9. The summed E-state index contributed by atoms with van der Waals surface area (Å²) in [6.07, 6.45) is 6.07. The van der Waals surface area contributed by atoms with Gasteiger partial charge in [-0.25, -0.2) is 14.5 Å². The fourth-order valence-corrected chi connectivity index (χ4v) is 5.74. The van der Waals surface area contributed by atoms with Crippen LogP contribution in [-0.2, 0) is 4.74 Å². The maximum Gasteiger partial charge on any atom is 0.341 e. The predicted molar refractivity (Wildman–Crippen MR) is 127 cm³/mol. The summed E-state index contributed by atoms with van der Waals surface area (Å²) in [5.74, 6) is -0.0129. The lowest BCUT2D eigenvalue weighted by molar-refractivity contribution is 0.00693. The van der Waals surface area contributed by atoms with E-state index in [2.05, 4.69) is 10.1 Å². The molecule has 11 heteroatoms. The van der Waals surface area contributed by atoms with Crippen molar-refractivity contribution >= 4 is 49.0 Å². The Morgan fingerprint density at radius 1 is 1.09 bits per heavy atom. The van der Waals surface area contributed by atoms with Gasteiger partial charge in [0.25, 0.3) is 0 Å². The summed E-state index contributed by atoms with van der Waals surface area (Å²) in [4.78, 5) is 16.5. The molecule has 5 rings (SSSR count). The summed E-state index contributed by atoms with van der Waals surface area (Å²) in [6, 6.07) is 4.70. The highest BCUT2D eigenvalue weighted by molar-refractivity contribution is 6.54. The molecular formula is C22H22B4ClN3O3. The van der Waals surface area contributed by atoms with Gasteiger partial charge in [0.1, 0.15) is 26.4 Å². The highest BCUT2D eigenvalue weighted by Crippen LogP contribution is 2.96. The second kappa shape index (κ2) is 6.87. The van der Waals surface area contributed by atoms with E-state index in [0.29, 0.717) is 5.82 Å². The molecule has 162 valence electrons. The van der Waals surface area contributed by atoms with E-state index in [0.717, 1.165) is 25.7 Å². The first-order chi connectivity index (χ1) is 15.2. The molecule has 2 spiro atoms. The summed E-state index contributed by atoms with van der Waals surface area (Å²) in [5.41, 5.74) is -0.102. The first-order valence-electron chi connectivity index (χ1n) is 11.0. The number of hydrogen-bond acceptors (Lipinski definition) is 5. The van der Waals surface area contributed by atoms with Crippen molar-refractivity contribution in [3.05, 3.63) is 35.1 Å². The molecule has 2 aromatic rings. The highest BCUT2D eigenvalue weighted by Gasteiger charge is 2.89. The van der Waals surface area contributed by atoms with E-state index in [-0.39, 0.29) is 33.3 Å². The molecular weight excluding hydrogens is 433 g/mol. The Morgan fingerprint density at radius 3 is 2.21 bits per heavy atom. The maximum atomic E-state index is 12.3. The van der Waals surface area contributed by atoms with Crippen molar-refractivity contribution in [2.75, 3.05) is 0 Å². The molecule has 0 atom stereocenters. The van der Waals surface area contributed by atoms with Crippen molar-refractivity contribution in [3.8, 4) is 11.7 Å². The lowest BCUT2D eigenvalue weighted by atomic mass is 9.33. The van der Waals surface area contributed by atoms with E-state index in [1.54, 1.807) is 39.1 Å². The topological polar surface area (TPSA) is 66.2 Å². The largest absolute Gasteiger partial charge is 0.491 e. The number of carbonyl (C=O) groups is 1. The monoisotopic (exact) mass is 455 g/mol. The van der Waals surface area contributed by atoms with Crippen molar-refractivity contribution in [2.24, 2.45) is 16.7 Å². The van der Waals surface area contributed by atoms with E-state index >= 15 is 0 Å².